The first-order valence-electron chi connectivity index (χ1n) is 7.32. The minimum atomic E-state index is -0.655. The van der Waals surface area contributed by atoms with E-state index in [-0.39, 0.29) is 23.4 Å². The lowest BCUT2D eigenvalue weighted by molar-refractivity contribution is 0.309. The van der Waals surface area contributed by atoms with Crippen LogP contribution in [-0.4, -0.2) is 33.1 Å². The molecule has 9 nitrogen and oxygen atoms in total. The van der Waals surface area contributed by atoms with Crippen molar-refractivity contribution in [3.63, 3.8) is 0 Å². The zero-order valence-electron chi connectivity index (χ0n) is 12.4. The van der Waals surface area contributed by atoms with Crippen LogP contribution < -0.4 is 16.8 Å². The van der Waals surface area contributed by atoms with E-state index in [9.17, 15) is 9.18 Å². The monoisotopic (exact) mass is 332 g/mol. The second-order valence-corrected chi connectivity index (χ2v) is 5.38. The maximum absolute atomic E-state index is 13.5. The summed E-state index contributed by atoms with van der Waals surface area (Å²) in [4.78, 5) is 12.1. The molecule has 1 aliphatic rings. The first-order chi connectivity index (χ1) is 11.7. The van der Waals surface area contributed by atoms with Gasteiger partial charge in [-0.25, -0.2) is 18.4 Å². The van der Waals surface area contributed by atoms with E-state index in [1.807, 2.05) is 0 Å². The molecule has 10 heteroatoms. The molecule has 0 radical (unpaired) electrons. The molecule has 2 heterocycles. The van der Waals surface area contributed by atoms with Gasteiger partial charge in [0.15, 0.2) is 5.69 Å². The molecular weight excluding hydrogens is 319 g/mol. The number of hydrogen-bond acceptors (Lipinski definition) is 8. The Morgan fingerprint density at radius 1 is 1.38 bits per heavy atom. The topological polar surface area (TPSA) is 125 Å². The number of nitrogens with two attached hydrogens (primary N) is 1. The number of fused-ring (bicyclic) bond motifs is 1. The second-order valence-electron chi connectivity index (χ2n) is 5.38. The van der Waals surface area contributed by atoms with Crippen LogP contribution in [0.2, 0.25) is 0 Å². The maximum Gasteiger partial charge on any atom is 0.442 e. The molecule has 0 bridgehead atoms. The molecule has 0 amide bonds. The minimum absolute atomic E-state index is 0.167. The van der Waals surface area contributed by atoms with E-state index in [0.717, 1.165) is 11.1 Å². The molecule has 1 atom stereocenters. The molecular formula is C14H13FN6O3. The largest absolute Gasteiger partial charge is 0.442 e. The number of nitrogens with zero attached hydrogens (tertiary/aromatic N) is 4. The predicted molar refractivity (Wildman–Crippen MR) is 79.8 cm³/mol. The van der Waals surface area contributed by atoms with Crippen molar-refractivity contribution in [1.29, 1.82) is 0 Å². The molecule has 0 aliphatic heterocycles. The Morgan fingerprint density at radius 2 is 2.25 bits per heavy atom. The van der Waals surface area contributed by atoms with Crippen LogP contribution >= 0.6 is 0 Å². The average molecular weight is 332 g/mol. The highest BCUT2D eigenvalue weighted by atomic mass is 19.1. The van der Waals surface area contributed by atoms with E-state index in [2.05, 4.69) is 20.8 Å². The fourth-order valence-electron chi connectivity index (χ4n) is 2.81. The third kappa shape index (κ3) is 2.19. The highest BCUT2D eigenvalue weighted by Gasteiger charge is 2.34. The summed E-state index contributed by atoms with van der Waals surface area (Å²) in [6.07, 6.45) is 0.570. The SMILES string of the molecule is NCCNc1nonc1-c1noc(=O)n1C1Cc2ccc(F)cc21. The van der Waals surface area contributed by atoms with E-state index in [0.29, 0.717) is 25.3 Å². The van der Waals surface area contributed by atoms with Crippen molar-refractivity contribution in [2.75, 3.05) is 18.4 Å². The van der Waals surface area contributed by atoms with E-state index < -0.39 is 5.76 Å². The molecule has 0 fully saturated rings. The lowest BCUT2D eigenvalue weighted by Crippen LogP contribution is -2.31. The van der Waals surface area contributed by atoms with Crippen molar-refractivity contribution in [3.05, 3.63) is 45.7 Å². The van der Waals surface area contributed by atoms with Crippen LogP contribution in [0.5, 0.6) is 0 Å². The summed E-state index contributed by atoms with van der Waals surface area (Å²) in [5.41, 5.74) is 7.37. The van der Waals surface area contributed by atoms with Crippen molar-refractivity contribution in [3.8, 4) is 11.5 Å². The van der Waals surface area contributed by atoms with Gasteiger partial charge in [0.2, 0.25) is 11.6 Å². The maximum atomic E-state index is 13.5. The van der Waals surface area contributed by atoms with Crippen molar-refractivity contribution in [1.82, 2.24) is 20.0 Å². The van der Waals surface area contributed by atoms with Gasteiger partial charge < -0.3 is 11.1 Å². The third-order valence-electron chi connectivity index (χ3n) is 3.96. The number of benzene rings is 1. The molecule has 1 aliphatic carbocycles. The normalized spacial score (nSPS) is 15.8. The minimum Gasteiger partial charge on any atom is -0.364 e. The fourth-order valence-corrected chi connectivity index (χ4v) is 2.81. The zero-order chi connectivity index (χ0) is 16.7. The van der Waals surface area contributed by atoms with Gasteiger partial charge in [-0.3, -0.25) is 4.52 Å². The second kappa shape index (κ2) is 5.57. The first-order valence-corrected chi connectivity index (χ1v) is 7.32. The smallest absolute Gasteiger partial charge is 0.364 e. The molecule has 1 aromatic carbocycles. The zero-order valence-corrected chi connectivity index (χ0v) is 12.4. The molecule has 0 spiro atoms. The summed E-state index contributed by atoms with van der Waals surface area (Å²) in [7, 11) is 0. The first kappa shape index (κ1) is 14.6. The van der Waals surface area contributed by atoms with Crippen LogP contribution in [0.25, 0.3) is 11.5 Å². The van der Waals surface area contributed by atoms with Crippen molar-refractivity contribution >= 4 is 5.82 Å². The molecule has 4 rings (SSSR count). The third-order valence-corrected chi connectivity index (χ3v) is 3.96. The molecule has 124 valence electrons. The lowest BCUT2D eigenvalue weighted by atomic mass is 9.83. The van der Waals surface area contributed by atoms with E-state index >= 15 is 0 Å². The summed E-state index contributed by atoms with van der Waals surface area (Å²) in [6.45, 7) is 0.827. The number of hydrogen-bond donors (Lipinski definition) is 2. The highest BCUT2D eigenvalue weighted by Crippen LogP contribution is 2.38. The number of aromatic nitrogens is 4. The van der Waals surface area contributed by atoms with E-state index in [1.54, 1.807) is 6.07 Å². The number of anilines is 1. The van der Waals surface area contributed by atoms with Crippen molar-refractivity contribution < 1.29 is 13.5 Å². The summed E-state index contributed by atoms with van der Waals surface area (Å²) in [5, 5.41) is 14.2. The van der Waals surface area contributed by atoms with Crippen LogP contribution in [0.3, 0.4) is 0 Å². The molecule has 1 unspecified atom stereocenters. The van der Waals surface area contributed by atoms with Gasteiger partial charge in [0.1, 0.15) is 5.82 Å². The highest BCUT2D eigenvalue weighted by molar-refractivity contribution is 5.65. The predicted octanol–water partition coefficient (Wildman–Crippen LogP) is 0.541. The molecule has 24 heavy (non-hydrogen) atoms. The summed E-state index contributed by atoms with van der Waals surface area (Å²) in [5.74, 6) is -0.544. The Kier molecular flexibility index (Phi) is 3.38. The van der Waals surface area contributed by atoms with Crippen molar-refractivity contribution in [2.24, 2.45) is 5.73 Å². The Hall–Kier alpha value is -3.01. The Bertz CT molecular complexity index is 946. The Morgan fingerprint density at radius 3 is 3.08 bits per heavy atom. The van der Waals surface area contributed by atoms with Gasteiger partial charge in [-0.15, -0.1) is 0 Å². The summed E-state index contributed by atoms with van der Waals surface area (Å²) in [6, 6.07) is 4.12. The number of rotatable bonds is 5. The van der Waals surface area contributed by atoms with Crippen LogP contribution in [-0.2, 0) is 6.42 Å². The fraction of sp³-hybridized carbons (Fsp3) is 0.286. The van der Waals surface area contributed by atoms with E-state index in [1.165, 1.54) is 16.7 Å². The standard InChI is InChI=1S/C14H13FN6O3/c15-8-2-1-7-5-10(9(7)6-8)21-13(20-23-14(21)22)11-12(17-4-3-16)19-24-18-11/h1-2,6,10H,3-5,16H2,(H,17,19). The molecule has 0 saturated heterocycles. The van der Waals surface area contributed by atoms with Gasteiger partial charge >= 0.3 is 5.76 Å². The van der Waals surface area contributed by atoms with Crippen LogP contribution in [0.4, 0.5) is 10.2 Å². The molecule has 0 saturated carbocycles. The average Bonchev–Trinajstić information content (AvgIpc) is 3.16. The molecule has 3 N–H and O–H groups in total. The number of nitrogens with one attached hydrogen (secondary N) is 1. The van der Waals surface area contributed by atoms with Crippen LogP contribution in [0, 0.1) is 5.82 Å². The Labute approximate surface area is 134 Å². The lowest BCUT2D eigenvalue weighted by Gasteiger charge is -2.30. The van der Waals surface area contributed by atoms with Crippen LogP contribution in [0.15, 0.2) is 32.1 Å². The molecule has 2 aromatic heterocycles. The Balaban J connectivity index is 1.76. The van der Waals surface area contributed by atoms with Gasteiger partial charge in [0, 0.05) is 13.1 Å². The quantitative estimate of drug-likeness (QED) is 0.693. The number of halogens is 1. The summed E-state index contributed by atoms with van der Waals surface area (Å²) < 4.78 is 24.3. The summed E-state index contributed by atoms with van der Waals surface area (Å²) >= 11 is 0. The van der Waals surface area contributed by atoms with Gasteiger partial charge in [0.25, 0.3) is 0 Å². The van der Waals surface area contributed by atoms with Crippen LogP contribution in [0.1, 0.15) is 17.2 Å². The van der Waals surface area contributed by atoms with Gasteiger partial charge in [0.05, 0.1) is 6.04 Å². The van der Waals surface area contributed by atoms with Gasteiger partial charge in [-0.1, -0.05) is 11.2 Å². The van der Waals surface area contributed by atoms with E-state index in [4.69, 9.17) is 14.9 Å². The molecule has 3 aromatic rings. The van der Waals surface area contributed by atoms with Crippen molar-refractivity contribution in [2.45, 2.75) is 12.5 Å². The van der Waals surface area contributed by atoms with Gasteiger partial charge in [-0.05, 0) is 40.0 Å². The van der Waals surface area contributed by atoms with Gasteiger partial charge in [-0.2, -0.15) is 0 Å².